The fourth-order valence-electron chi connectivity index (χ4n) is 4.21. The molecule has 136 valence electrons. The fourth-order valence-corrected chi connectivity index (χ4v) is 5.15. The van der Waals surface area contributed by atoms with E-state index in [1.54, 1.807) is 12.1 Å². The van der Waals surface area contributed by atoms with Crippen LogP contribution >= 0.6 is 11.8 Å². The van der Waals surface area contributed by atoms with E-state index in [9.17, 15) is 14.9 Å². The Morgan fingerprint density at radius 3 is 2.48 bits per heavy atom. The quantitative estimate of drug-likeness (QED) is 0.435. The van der Waals surface area contributed by atoms with Crippen molar-refractivity contribution in [3.05, 3.63) is 34.4 Å². The van der Waals surface area contributed by atoms with E-state index in [2.05, 4.69) is 4.90 Å². The number of hydrogen-bond donors (Lipinski definition) is 0. The van der Waals surface area contributed by atoms with Crippen LogP contribution in [-0.4, -0.2) is 33.6 Å². The molecule has 0 spiro atoms. The minimum Gasteiger partial charge on any atom is -0.338 e. The number of carbonyl (C=O) groups excluding carboxylic acids is 1. The zero-order chi connectivity index (χ0) is 17.8. The second kappa shape index (κ2) is 8.21. The van der Waals surface area contributed by atoms with Crippen molar-refractivity contribution in [1.29, 1.82) is 0 Å². The Morgan fingerprint density at radius 1 is 1.16 bits per heavy atom. The number of carbonyl (C=O) groups is 1. The number of thioether (sulfide) groups is 1. The number of nitro groups is 1. The molecule has 25 heavy (non-hydrogen) atoms. The molecule has 2 fully saturated rings. The average molecular weight is 362 g/mol. The SMILES string of the molecule is CC(Sc1ccc([N+](=O)[O-])cc1)C(=O)N1CCCC1C1CCCCC1. The smallest absolute Gasteiger partial charge is 0.269 e. The van der Waals surface area contributed by atoms with E-state index < -0.39 is 4.92 Å². The van der Waals surface area contributed by atoms with Crippen LogP contribution in [0.3, 0.4) is 0 Å². The molecule has 0 aromatic heterocycles. The summed E-state index contributed by atoms with van der Waals surface area (Å²) in [7, 11) is 0. The Balaban J connectivity index is 1.61. The molecular weight excluding hydrogens is 336 g/mol. The van der Waals surface area contributed by atoms with Crippen molar-refractivity contribution in [1.82, 2.24) is 4.90 Å². The van der Waals surface area contributed by atoms with Crippen molar-refractivity contribution in [3.63, 3.8) is 0 Å². The Kier molecular flexibility index (Phi) is 5.99. The van der Waals surface area contributed by atoms with Crippen LogP contribution in [0.5, 0.6) is 0 Å². The van der Waals surface area contributed by atoms with E-state index >= 15 is 0 Å². The zero-order valence-corrected chi connectivity index (χ0v) is 15.5. The molecular formula is C19H26N2O3S. The second-order valence-electron chi connectivity index (χ2n) is 7.15. The topological polar surface area (TPSA) is 63.5 Å². The third-order valence-electron chi connectivity index (χ3n) is 5.48. The van der Waals surface area contributed by atoms with E-state index in [0.717, 1.165) is 24.3 Å². The number of nitro benzene ring substituents is 1. The number of nitrogens with zero attached hydrogens (tertiary/aromatic N) is 2. The number of non-ortho nitro benzene ring substituents is 1. The predicted octanol–water partition coefficient (Wildman–Crippen LogP) is 4.65. The molecule has 2 unspecified atom stereocenters. The van der Waals surface area contributed by atoms with Crippen LogP contribution in [0.4, 0.5) is 5.69 Å². The van der Waals surface area contributed by atoms with Gasteiger partial charge in [-0.2, -0.15) is 0 Å². The predicted molar refractivity (Wildman–Crippen MR) is 99.7 cm³/mol. The summed E-state index contributed by atoms with van der Waals surface area (Å²) in [5, 5.41) is 10.6. The van der Waals surface area contributed by atoms with Crippen LogP contribution in [-0.2, 0) is 4.79 Å². The van der Waals surface area contributed by atoms with Crippen LogP contribution in [0, 0.1) is 16.0 Å². The lowest BCUT2D eigenvalue weighted by molar-refractivity contribution is -0.384. The van der Waals surface area contributed by atoms with Gasteiger partial charge >= 0.3 is 0 Å². The van der Waals surface area contributed by atoms with E-state index in [1.165, 1.54) is 56.0 Å². The van der Waals surface area contributed by atoms with Gasteiger partial charge < -0.3 is 4.90 Å². The molecule has 1 saturated carbocycles. The summed E-state index contributed by atoms with van der Waals surface area (Å²) in [5.41, 5.74) is 0.0836. The van der Waals surface area contributed by atoms with E-state index in [-0.39, 0.29) is 16.8 Å². The number of rotatable bonds is 5. The highest BCUT2D eigenvalue weighted by Gasteiger charge is 2.36. The van der Waals surface area contributed by atoms with Gasteiger partial charge in [-0.25, -0.2) is 0 Å². The van der Waals surface area contributed by atoms with Crippen molar-refractivity contribution >= 4 is 23.4 Å². The number of benzene rings is 1. The molecule has 1 heterocycles. The van der Waals surface area contributed by atoms with E-state index in [1.807, 2.05) is 6.92 Å². The molecule has 0 radical (unpaired) electrons. The first kappa shape index (κ1) is 18.2. The van der Waals surface area contributed by atoms with Gasteiger partial charge in [0.05, 0.1) is 10.2 Å². The number of hydrogen-bond acceptors (Lipinski definition) is 4. The van der Waals surface area contributed by atoms with Gasteiger partial charge in [-0.3, -0.25) is 14.9 Å². The summed E-state index contributed by atoms with van der Waals surface area (Å²) >= 11 is 1.49. The Bertz CT molecular complexity index is 614. The molecule has 0 N–H and O–H groups in total. The maximum absolute atomic E-state index is 13.0. The van der Waals surface area contributed by atoms with Crippen LogP contribution in [0.2, 0.25) is 0 Å². The molecule has 1 aromatic rings. The van der Waals surface area contributed by atoms with Crippen molar-refractivity contribution in [3.8, 4) is 0 Å². The Morgan fingerprint density at radius 2 is 1.84 bits per heavy atom. The van der Waals surface area contributed by atoms with Gasteiger partial charge in [0, 0.05) is 29.6 Å². The number of likely N-dealkylation sites (tertiary alicyclic amines) is 1. The largest absolute Gasteiger partial charge is 0.338 e. The summed E-state index contributed by atoms with van der Waals surface area (Å²) in [4.78, 5) is 26.3. The first-order chi connectivity index (χ1) is 12.1. The van der Waals surface area contributed by atoms with Gasteiger partial charge in [0.15, 0.2) is 0 Å². The molecule has 3 rings (SSSR count). The van der Waals surface area contributed by atoms with Gasteiger partial charge in [-0.15, -0.1) is 11.8 Å². The monoisotopic (exact) mass is 362 g/mol. The highest BCUT2D eigenvalue weighted by atomic mass is 32.2. The van der Waals surface area contributed by atoms with Crippen LogP contribution in [0.1, 0.15) is 51.9 Å². The maximum atomic E-state index is 13.0. The molecule has 0 bridgehead atoms. The first-order valence-corrected chi connectivity index (χ1v) is 10.2. The Hall–Kier alpha value is -1.56. The first-order valence-electron chi connectivity index (χ1n) is 9.28. The molecule has 1 aromatic carbocycles. The summed E-state index contributed by atoms with van der Waals surface area (Å²) < 4.78 is 0. The maximum Gasteiger partial charge on any atom is 0.269 e. The summed E-state index contributed by atoms with van der Waals surface area (Å²) in [6, 6.07) is 6.89. The normalized spacial score (nSPS) is 22.8. The lowest BCUT2D eigenvalue weighted by Gasteiger charge is -2.35. The second-order valence-corrected chi connectivity index (χ2v) is 8.56. The molecule has 2 atom stereocenters. The van der Waals surface area contributed by atoms with Crippen molar-refractivity contribution in [2.75, 3.05) is 6.54 Å². The number of amides is 1. The van der Waals surface area contributed by atoms with Crippen molar-refractivity contribution in [2.45, 2.75) is 68.1 Å². The lowest BCUT2D eigenvalue weighted by Crippen LogP contribution is -2.44. The van der Waals surface area contributed by atoms with Gasteiger partial charge in [-0.1, -0.05) is 19.3 Å². The van der Waals surface area contributed by atoms with Gasteiger partial charge in [0.2, 0.25) is 5.91 Å². The van der Waals surface area contributed by atoms with E-state index in [4.69, 9.17) is 0 Å². The molecule has 2 aliphatic rings. The molecule has 1 aliphatic heterocycles. The Labute approximate surface area is 153 Å². The highest BCUT2D eigenvalue weighted by Crippen LogP contribution is 2.36. The van der Waals surface area contributed by atoms with Gasteiger partial charge in [-0.05, 0) is 50.7 Å². The lowest BCUT2D eigenvalue weighted by atomic mass is 9.83. The fraction of sp³-hybridized carbons (Fsp3) is 0.632. The summed E-state index contributed by atoms with van der Waals surface area (Å²) in [6.45, 7) is 2.83. The molecule has 5 nitrogen and oxygen atoms in total. The van der Waals surface area contributed by atoms with Gasteiger partial charge in [0.1, 0.15) is 0 Å². The molecule has 1 saturated heterocycles. The van der Waals surface area contributed by atoms with Crippen LogP contribution < -0.4 is 0 Å². The third kappa shape index (κ3) is 4.35. The van der Waals surface area contributed by atoms with Crippen LogP contribution in [0.25, 0.3) is 0 Å². The molecule has 6 heteroatoms. The highest BCUT2D eigenvalue weighted by molar-refractivity contribution is 8.00. The van der Waals surface area contributed by atoms with Crippen molar-refractivity contribution in [2.24, 2.45) is 5.92 Å². The summed E-state index contributed by atoms with van der Waals surface area (Å²) in [5.74, 6) is 0.896. The minimum absolute atomic E-state index is 0.0836. The van der Waals surface area contributed by atoms with Crippen molar-refractivity contribution < 1.29 is 9.72 Å². The minimum atomic E-state index is -0.401. The third-order valence-corrected chi connectivity index (χ3v) is 6.58. The standard InChI is InChI=1S/C19H26N2O3S/c1-14(25-17-11-9-16(10-12-17)21(23)24)19(22)20-13-5-8-18(20)15-6-3-2-4-7-15/h9-12,14-15,18H,2-8,13H2,1H3. The summed E-state index contributed by atoms with van der Waals surface area (Å²) in [6.07, 6.45) is 8.72. The zero-order valence-electron chi connectivity index (χ0n) is 14.7. The molecule has 1 amide bonds. The van der Waals surface area contributed by atoms with Crippen LogP contribution in [0.15, 0.2) is 29.2 Å². The van der Waals surface area contributed by atoms with E-state index in [0.29, 0.717) is 12.0 Å². The molecule has 1 aliphatic carbocycles. The average Bonchev–Trinajstić information content (AvgIpc) is 3.12. The van der Waals surface area contributed by atoms with Gasteiger partial charge in [0.25, 0.3) is 5.69 Å².